The van der Waals surface area contributed by atoms with E-state index >= 15 is 0 Å². The van der Waals surface area contributed by atoms with Gasteiger partial charge in [-0.1, -0.05) is 36.4 Å². The standard InChI is InChI=1S/C29H17F10N3/c30-17-11-23(31)20(24(32)12-17)14-42-27(19-7-3-9-22(26(19)41-42)29(37,38)39)15-4-1-6-18(10-15)40-13-16-5-2-8-21(25(16)33)28(34,35)36/h1-12,40H,13-14H2. The highest BCUT2D eigenvalue weighted by atomic mass is 19.4. The molecule has 0 atom stereocenters. The van der Waals surface area contributed by atoms with Gasteiger partial charge in [0.25, 0.3) is 0 Å². The van der Waals surface area contributed by atoms with Crippen LogP contribution in [0.15, 0.2) is 72.8 Å². The van der Waals surface area contributed by atoms with Gasteiger partial charge in [0, 0.05) is 46.4 Å². The number of anilines is 1. The summed E-state index contributed by atoms with van der Waals surface area (Å²) in [7, 11) is 0. The van der Waals surface area contributed by atoms with Crippen LogP contribution in [-0.4, -0.2) is 9.78 Å². The number of benzene rings is 4. The summed E-state index contributed by atoms with van der Waals surface area (Å²) in [4.78, 5) is 0. The molecule has 13 heteroatoms. The first-order chi connectivity index (χ1) is 19.7. The lowest BCUT2D eigenvalue weighted by atomic mass is 10.0. The zero-order valence-corrected chi connectivity index (χ0v) is 21.0. The quantitative estimate of drug-likeness (QED) is 0.198. The summed E-state index contributed by atoms with van der Waals surface area (Å²) >= 11 is 0. The summed E-state index contributed by atoms with van der Waals surface area (Å²) in [5.41, 5.74) is -3.50. The Balaban J connectivity index is 1.58. The van der Waals surface area contributed by atoms with Gasteiger partial charge < -0.3 is 5.32 Å². The second-order valence-electron chi connectivity index (χ2n) is 9.26. The molecule has 218 valence electrons. The zero-order chi connectivity index (χ0) is 30.4. The maximum Gasteiger partial charge on any atom is 0.419 e. The molecule has 1 N–H and O–H groups in total. The van der Waals surface area contributed by atoms with Crippen LogP contribution in [0.1, 0.15) is 22.3 Å². The molecular formula is C29H17F10N3. The van der Waals surface area contributed by atoms with Gasteiger partial charge >= 0.3 is 12.4 Å². The Morgan fingerprint density at radius 1 is 0.714 bits per heavy atom. The van der Waals surface area contributed by atoms with Crippen molar-refractivity contribution in [3.05, 3.63) is 118 Å². The predicted molar refractivity (Wildman–Crippen MR) is 134 cm³/mol. The molecule has 0 spiro atoms. The van der Waals surface area contributed by atoms with E-state index in [0.717, 1.165) is 28.9 Å². The van der Waals surface area contributed by atoms with E-state index in [9.17, 15) is 43.9 Å². The van der Waals surface area contributed by atoms with Gasteiger partial charge in [-0.15, -0.1) is 0 Å². The molecule has 0 aliphatic rings. The van der Waals surface area contributed by atoms with E-state index in [2.05, 4.69) is 10.4 Å². The van der Waals surface area contributed by atoms with Crippen LogP contribution in [0.4, 0.5) is 49.6 Å². The molecule has 0 bridgehead atoms. The number of halogens is 10. The molecule has 0 amide bonds. The Morgan fingerprint density at radius 2 is 1.33 bits per heavy atom. The smallest absolute Gasteiger partial charge is 0.381 e. The minimum absolute atomic E-state index is 0.0196. The number of rotatable bonds is 6. The third-order valence-corrected chi connectivity index (χ3v) is 6.49. The topological polar surface area (TPSA) is 29.9 Å². The molecule has 0 unspecified atom stereocenters. The summed E-state index contributed by atoms with van der Waals surface area (Å²) in [6.07, 6.45) is -9.72. The van der Waals surface area contributed by atoms with Crippen molar-refractivity contribution in [3.63, 3.8) is 0 Å². The number of hydrogen-bond acceptors (Lipinski definition) is 2. The van der Waals surface area contributed by atoms with Crippen molar-refractivity contribution in [1.29, 1.82) is 0 Å². The minimum atomic E-state index is -4.90. The van der Waals surface area contributed by atoms with Crippen LogP contribution in [0.3, 0.4) is 0 Å². The fraction of sp³-hybridized carbons (Fsp3) is 0.138. The largest absolute Gasteiger partial charge is 0.419 e. The average Bonchev–Trinajstić information content (AvgIpc) is 3.27. The lowest BCUT2D eigenvalue weighted by Crippen LogP contribution is -2.11. The summed E-state index contributed by atoms with van der Waals surface area (Å²) in [5.74, 6) is -5.18. The van der Waals surface area contributed by atoms with Crippen molar-refractivity contribution in [2.75, 3.05) is 5.32 Å². The van der Waals surface area contributed by atoms with E-state index in [1.54, 1.807) is 0 Å². The SMILES string of the molecule is Fc1cc(F)c(Cn2nc3c(C(F)(F)F)cccc3c2-c2cccc(NCc3cccc(C(F)(F)F)c3F)c2)c(F)c1. The molecule has 1 heterocycles. The van der Waals surface area contributed by atoms with Crippen LogP contribution in [0.25, 0.3) is 22.2 Å². The molecular weight excluding hydrogens is 580 g/mol. The molecule has 1 aromatic heterocycles. The van der Waals surface area contributed by atoms with Crippen molar-refractivity contribution in [3.8, 4) is 11.3 Å². The number of alkyl halides is 6. The summed E-state index contributed by atoms with van der Waals surface area (Å²) in [6.45, 7) is -1.07. The Labute approximate surface area is 231 Å². The van der Waals surface area contributed by atoms with Crippen LogP contribution in [0.5, 0.6) is 0 Å². The number of hydrogen-bond donors (Lipinski definition) is 1. The average molecular weight is 597 g/mol. The zero-order valence-electron chi connectivity index (χ0n) is 21.0. The highest BCUT2D eigenvalue weighted by Crippen LogP contribution is 2.39. The van der Waals surface area contributed by atoms with Crippen molar-refractivity contribution in [2.45, 2.75) is 25.4 Å². The normalized spacial score (nSPS) is 12.2. The lowest BCUT2D eigenvalue weighted by molar-refractivity contribution is -0.140. The van der Waals surface area contributed by atoms with Gasteiger partial charge in [-0.3, -0.25) is 4.68 Å². The first-order valence-corrected chi connectivity index (χ1v) is 12.1. The van der Waals surface area contributed by atoms with Gasteiger partial charge in [0.2, 0.25) is 0 Å². The van der Waals surface area contributed by atoms with E-state index in [1.165, 1.54) is 30.3 Å². The minimum Gasteiger partial charge on any atom is -0.381 e. The number of nitrogens with one attached hydrogen (secondary N) is 1. The van der Waals surface area contributed by atoms with Crippen LogP contribution in [0, 0.1) is 23.3 Å². The van der Waals surface area contributed by atoms with E-state index in [1.807, 2.05) is 0 Å². The summed E-state index contributed by atoms with van der Waals surface area (Å²) < 4.78 is 139. The third-order valence-electron chi connectivity index (χ3n) is 6.49. The van der Waals surface area contributed by atoms with Gasteiger partial charge in [0.05, 0.1) is 23.4 Å². The first-order valence-electron chi connectivity index (χ1n) is 12.1. The number of nitrogens with zero attached hydrogens (tertiary/aromatic N) is 2. The molecule has 0 fully saturated rings. The lowest BCUT2D eigenvalue weighted by Gasteiger charge is -2.14. The summed E-state index contributed by atoms with van der Waals surface area (Å²) in [5, 5.41) is 6.78. The van der Waals surface area contributed by atoms with Gasteiger partial charge in [0.15, 0.2) is 0 Å². The molecule has 0 saturated carbocycles. The second-order valence-corrected chi connectivity index (χ2v) is 9.26. The number of fused-ring (bicyclic) bond motifs is 1. The van der Waals surface area contributed by atoms with E-state index < -0.39 is 64.4 Å². The molecule has 5 rings (SSSR count). The van der Waals surface area contributed by atoms with Crippen molar-refractivity contribution in [1.82, 2.24) is 9.78 Å². The Hall–Kier alpha value is -4.55. The fourth-order valence-corrected chi connectivity index (χ4v) is 4.58. The van der Waals surface area contributed by atoms with Crippen LogP contribution < -0.4 is 5.32 Å². The molecule has 0 aliphatic heterocycles. The predicted octanol–water partition coefficient (Wildman–Crippen LogP) is 8.96. The first kappa shape index (κ1) is 29.0. The molecule has 4 aromatic carbocycles. The molecule has 5 aromatic rings. The van der Waals surface area contributed by atoms with Gasteiger partial charge in [0.1, 0.15) is 28.8 Å². The Morgan fingerprint density at radius 3 is 2.00 bits per heavy atom. The molecule has 0 saturated heterocycles. The Bertz CT molecular complexity index is 1760. The highest BCUT2D eigenvalue weighted by Gasteiger charge is 2.36. The van der Waals surface area contributed by atoms with Crippen molar-refractivity contribution < 1.29 is 43.9 Å². The van der Waals surface area contributed by atoms with Crippen molar-refractivity contribution >= 4 is 16.6 Å². The van der Waals surface area contributed by atoms with Gasteiger partial charge in [-0.25, -0.2) is 17.6 Å². The van der Waals surface area contributed by atoms with Crippen LogP contribution in [-0.2, 0) is 25.4 Å². The van der Waals surface area contributed by atoms with E-state index in [-0.39, 0.29) is 34.4 Å². The molecule has 0 aliphatic carbocycles. The maximum atomic E-state index is 14.5. The highest BCUT2D eigenvalue weighted by molar-refractivity contribution is 5.95. The molecule has 0 radical (unpaired) electrons. The number of aromatic nitrogens is 2. The monoisotopic (exact) mass is 597 g/mol. The van der Waals surface area contributed by atoms with E-state index in [4.69, 9.17) is 0 Å². The van der Waals surface area contributed by atoms with E-state index in [0.29, 0.717) is 18.2 Å². The maximum absolute atomic E-state index is 14.5. The molecule has 42 heavy (non-hydrogen) atoms. The molecule has 3 nitrogen and oxygen atoms in total. The second kappa shape index (κ2) is 10.7. The third kappa shape index (κ3) is 5.63. The van der Waals surface area contributed by atoms with Crippen LogP contribution >= 0.6 is 0 Å². The van der Waals surface area contributed by atoms with Gasteiger partial charge in [-0.2, -0.15) is 31.4 Å². The van der Waals surface area contributed by atoms with Gasteiger partial charge in [-0.05, 0) is 24.3 Å². The fourth-order valence-electron chi connectivity index (χ4n) is 4.58. The van der Waals surface area contributed by atoms with Crippen LogP contribution in [0.2, 0.25) is 0 Å². The summed E-state index contributed by atoms with van der Waals surface area (Å²) in [6, 6.07) is 12.8. The Kier molecular flexibility index (Phi) is 7.37. The van der Waals surface area contributed by atoms with Crippen molar-refractivity contribution in [2.24, 2.45) is 0 Å².